The van der Waals surface area contributed by atoms with Crippen LogP contribution in [0, 0.1) is 0 Å². The molecule has 1 rings (SSSR count). The van der Waals surface area contributed by atoms with E-state index in [0.717, 1.165) is 30.5 Å². The maximum Gasteiger partial charge on any atom is 0.0990 e. The molecule has 0 saturated carbocycles. The number of hydrogen-bond donors (Lipinski definition) is 1. The van der Waals surface area contributed by atoms with Gasteiger partial charge in [-0.25, -0.2) is 0 Å². The first kappa shape index (κ1) is 16.1. The molecule has 0 spiro atoms. The van der Waals surface area contributed by atoms with Crippen LogP contribution < -0.4 is 0 Å². The number of nitrogens with zero attached hydrogens (tertiary/aromatic N) is 1. The van der Waals surface area contributed by atoms with Crippen molar-refractivity contribution < 1.29 is 5.11 Å². The lowest BCUT2D eigenvalue weighted by atomic mass is 10.0. The van der Waals surface area contributed by atoms with Crippen molar-refractivity contribution in [1.29, 1.82) is 0 Å². The number of unbranched alkanes of at least 4 members (excludes halogenated alkanes) is 1. The molecule has 106 valence electrons. The Morgan fingerprint density at radius 1 is 1.32 bits per heavy atom. The number of aliphatic hydroxyl groups excluding tert-OH is 1. The van der Waals surface area contributed by atoms with Gasteiger partial charge in [0.2, 0.25) is 0 Å². The van der Waals surface area contributed by atoms with Gasteiger partial charge in [-0.3, -0.25) is 0 Å². The fourth-order valence-corrected chi connectivity index (χ4v) is 2.22. The third kappa shape index (κ3) is 4.88. The van der Waals surface area contributed by atoms with Gasteiger partial charge < -0.3 is 10.0 Å². The van der Waals surface area contributed by atoms with Crippen molar-refractivity contribution in [2.45, 2.75) is 38.3 Å². The first-order valence-corrected chi connectivity index (χ1v) is 7.31. The van der Waals surface area contributed by atoms with Crippen LogP contribution >= 0.6 is 11.6 Å². The molecule has 19 heavy (non-hydrogen) atoms. The summed E-state index contributed by atoms with van der Waals surface area (Å²) in [6.07, 6.45) is 2.47. The minimum Gasteiger partial charge on any atom is -0.386 e. The highest BCUT2D eigenvalue weighted by atomic mass is 35.5. The van der Waals surface area contributed by atoms with E-state index >= 15 is 0 Å². The molecule has 0 unspecified atom stereocenters. The first-order chi connectivity index (χ1) is 9.07. The molecule has 0 bridgehead atoms. The predicted molar refractivity (Wildman–Crippen MR) is 82.3 cm³/mol. The summed E-state index contributed by atoms with van der Waals surface area (Å²) >= 11 is 5.67. The molecule has 2 nitrogen and oxygen atoms in total. The van der Waals surface area contributed by atoms with Gasteiger partial charge in [0.15, 0.2) is 0 Å². The van der Waals surface area contributed by atoms with Gasteiger partial charge in [-0.05, 0) is 31.7 Å². The Morgan fingerprint density at radius 3 is 2.53 bits per heavy atom. The summed E-state index contributed by atoms with van der Waals surface area (Å²) < 4.78 is 0. The summed E-state index contributed by atoms with van der Waals surface area (Å²) in [7, 11) is 1.99. The number of aliphatic hydroxyl groups is 1. The van der Waals surface area contributed by atoms with Crippen molar-refractivity contribution in [3.05, 3.63) is 48.2 Å². The summed E-state index contributed by atoms with van der Waals surface area (Å²) in [4.78, 5) is 2.06. The zero-order chi connectivity index (χ0) is 14.3. The highest BCUT2D eigenvalue weighted by molar-refractivity contribution is 6.17. The number of rotatable bonds is 8. The summed E-state index contributed by atoms with van der Waals surface area (Å²) in [5.41, 5.74) is 1.99. The normalized spacial score (nSPS) is 13.9. The average Bonchev–Trinajstić information content (AvgIpc) is 2.46. The number of benzene rings is 1. The van der Waals surface area contributed by atoms with Crippen molar-refractivity contribution in [2.75, 3.05) is 12.9 Å². The van der Waals surface area contributed by atoms with Crippen LogP contribution in [0.1, 0.15) is 37.9 Å². The molecule has 0 radical (unpaired) electrons. The zero-order valence-electron chi connectivity index (χ0n) is 11.8. The second-order valence-corrected chi connectivity index (χ2v) is 5.30. The Morgan fingerprint density at radius 2 is 1.95 bits per heavy atom. The minimum absolute atomic E-state index is 0.00546. The number of halogens is 1. The minimum atomic E-state index is -0.504. The lowest BCUT2D eigenvalue weighted by Gasteiger charge is -2.32. The van der Waals surface area contributed by atoms with Gasteiger partial charge in [-0.1, -0.05) is 36.9 Å². The summed E-state index contributed by atoms with van der Waals surface area (Å²) in [5, 5.41) is 10.4. The van der Waals surface area contributed by atoms with E-state index in [4.69, 9.17) is 11.6 Å². The van der Waals surface area contributed by atoms with Crippen molar-refractivity contribution >= 4 is 11.6 Å². The first-order valence-electron chi connectivity index (χ1n) is 6.77. The van der Waals surface area contributed by atoms with Crippen molar-refractivity contribution in [2.24, 2.45) is 0 Å². The average molecular weight is 282 g/mol. The standard InChI is InChI=1S/C16H24ClNO/c1-13(9-7-8-12-17)18(3)14(2)16(19)15-10-5-4-6-11-15/h4-6,10-11,14,16,19H,1,7-9,12H2,2-3H3/t14-,16+/m1/s1. The Hall–Kier alpha value is -0.990. The van der Waals surface area contributed by atoms with Gasteiger partial charge in [0.25, 0.3) is 0 Å². The molecule has 0 aliphatic heterocycles. The van der Waals surface area contributed by atoms with Crippen LogP contribution in [0.5, 0.6) is 0 Å². The largest absolute Gasteiger partial charge is 0.386 e. The lowest BCUT2D eigenvalue weighted by Crippen LogP contribution is -2.33. The van der Waals surface area contributed by atoms with Crippen molar-refractivity contribution in [3.8, 4) is 0 Å². The van der Waals surface area contributed by atoms with Gasteiger partial charge >= 0.3 is 0 Å². The number of allylic oxidation sites excluding steroid dienone is 1. The van der Waals surface area contributed by atoms with E-state index in [1.54, 1.807) is 0 Å². The maximum atomic E-state index is 10.4. The highest BCUT2D eigenvalue weighted by Crippen LogP contribution is 2.23. The van der Waals surface area contributed by atoms with E-state index in [1.807, 2.05) is 44.3 Å². The molecule has 0 aliphatic carbocycles. The van der Waals surface area contributed by atoms with Crippen molar-refractivity contribution in [1.82, 2.24) is 4.90 Å². The Kier molecular flexibility index (Phi) is 6.96. The Balaban J connectivity index is 2.56. The molecule has 1 aromatic rings. The van der Waals surface area contributed by atoms with Gasteiger partial charge in [0.05, 0.1) is 12.1 Å². The second kappa shape index (κ2) is 8.23. The van der Waals surface area contributed by atoms with Crippen LogP contribution in [0.4, 0.5) is 0 Å². The fourth-order valence-electron chi connectivity index (χ4n) is 2.03. The Bertz CT molecular complexity index is 380. The number of hydrogen-bond acceptors (Lipinski definition) is 2. The lowest BCUT2D eigenvalue weighted by molar-refractivity contribution is 0.0875. The van der Waals surface area contributed by atoms with Gasteiger partial charge in [-0.15, -0.1) is 11.6 Å². The molecule has 3 heteroatoms. The van der Waals surface area contributed by atoms with E-state index in [-0.39, 0.29) is 6.04 Å². The smallest absolute Gasteiger partial charge is 0.0990 e. The molecule has 0 fully saturated rings. The summed E-state index contributed by atoms with van der Waals surface area (Å²) in [6, 6.07) is 9.75. The van der Waals surface area contributed by atoms with Crippen LogP contribution in [0.2, 0.25) is 0 Å². The maximum absolute atomic E-state index is 10.4. The molecular formula is C16H24ClNO. The molecule has 1 N–H and O–H groups in total. The summed E-state index contributed by atoms with van der Waals surface area (Å²) in [5.74, 6) is 0.694. The van der Waals surface area contributed by atoms with Gasteiger partial charge in [-0.2, -0.15) is 0 Å². The molecular weight excluding hydrogens is 258 g/mol. The third-order valence-corrected chi connectivity index (χ3v) is 3.82. The van der Waals surface area contributed by atoms with Gasteiger partial charge in [0.1, 0.15) is 0 Å². The summed E-state index contributed by atoms with van der Waals surface area (Å²) in [6.45, 7) is 6.11. The molecule has 0 aliphatic rings. The van der Waals surface area contributed by atoms with Crippen LogP contribution in [-0.2, 0) is 0 Å². The fraction of sp³-hybridized carbons (Fsp3) is 0.500. The van der Waals surface area contributed by atoms with E-state index in [9.17, 15) is 5.11 Å². The van der Waals surface area contributed by atoms with Crippen molar-refractivity contribution in [3.63, 3.8) is 0 Å². The molecule has 0 amide bonds. The second-order valence-electron chi connectivity index (χ2n) is 4.92. The molecule has 0 aromatic heterocycles. The van der Waals surface area contributed by atoms with E-state index in [1.165, 1.54) is 0 Å². The number of alkyl halides is 1. The highest BCUT2D eigenvalue weighted by Gasteiger charge is 2.20. The van der Waals surface area contributed by atoms with E-state index in [0.29, 0.717) is 5.88 Å². The zero-order valence-corrected chi connectivity index (χ0v) is 12.6. The third-order valence-electron chi connectivity index (χ3n) is 3.56. The van der Waals surface area contributed by atoms with Crippen LogP contribution in [0.3, 0.4) is 0 Å². The quantitative estimate of drug-likeness (QED) is 0.576. The molecule has 2 atom stereocenters. The van der Waals surface area contributed by atoms with Crippen LogP contribution in [0.25, 0.3) is 0 Å². The van der Waals surface area contributed by atoms with Gasteiger partial charge in [0, 0.05) is 18.6 Å². The molecule has 0 heterocycles. The van der Waals surface area contributed by atoms with E-state index < -0.39 is 6.10 Å². The predicted octanol–water partition coefficient (Wildman–Crippen LogP) is 3.96. The van der Waals surface area contributed by atoms with Crippen LogP contribution in [-0.4, -0.2) is 29.0 Å². The Labute approximate surface area is 121 Å². The van der Waals surface area contributed by atoms with Crippen LogP contribution in [0.15, 0.2) is 42.6 Å². The molecule has 1 aromatic carbocycles. The number of likely N-dealkylation sites (N-methyl/N-ethyl adjacent to an activating group) is 1. The topological polar surface area (TPSA) is 23.5 Å². The molecule has 0 saturated heterocycles. The van der Waals surface area contributed by atoms with E-state index in [2.05, 4.69) is 11.5 Å². The SMILES string of the molecule is C=C(CCCCCl)N(C)[C@H](C)[C@H](O)c1ccccc1. The monoisotopic (exact) mass is 281 g/mol.